The van der Waals surface area contributed by atoms with Crippen LogP contribution in [0.3, 0.4) is 0 Å². The Morgan fingerprint density at radius 1 is 0.903 bits per heavy atom. The molecule has 3 aromatic rings. The van der Waals surface area contributed by atoms with E-state index < -0.39 is 10.0 Å². The molecule has 0 atom stereocenters. The number of aryl methyl sites for hydroxylation is 2. The molecule has 6 heteroatoms. The number of rotatable bonds is 9. The number of nitrogens with zero attached hydrogens (tertiary/aromatic N) is 1. The first-order valence-electron chi connectivity index (χ1n) is 10.4. The van der Waals surface area contributed by atoms with E-state index >= 15 is 0 Å². The van der Waals surface area contributed by atoms with Gasteiger partial charge in [0.2, 0.25) is 15.9 Å². The number of anilines is 1. The summed E-state index contributed by atoms with van der Waals surface area (Å²) in [7, 11) is -3.82. The van der Waals surface area contributed by atoms with E-state index in [1.54, 1.807) is 24.3 Å². The Hall–Kier alpha value is -2.96. The highest BCUT2D eigenvalue weighted by Crippen LogP contribution is 2.19. The van der Waals surface area contributed by atoms with Gasteiger partial charge in [0.1, 0.15) is 0 Å². The fraction of sp³-hybridized carbons (Fsp3) is 0.240. The minimum atomic E-state index is -3.82. The van der Waals surface area contributed by atoms with Crippen LogP contribution in [0.4, 0.5) is 5.69 Å². The molecular formula is C25H28N2O3S. The molecule has 0 aromatic heterocycles. The molecule has 0 bridgehead atoms. The predicted molar refractivity (Wildman–Crippen MR) is 125 cm³/mol. The molecule has 0 heterocycles. The summed E-state index contributed by atoms with van der Waals surface area (Å²) in [6, 6.07) is 23.9. The maximum atomic E-state index is 13.3. The summed E-state index contributed by atoms with van der Waals surface area (Å²) in [5, 5.41) is 2.88. The molecule has 5 nitrogen and oxygen atoms in total. The molecule has 0 aliphatic carbocycles. The van der Waals surface area contributed by atoms with Crippen molar-refractivity contribution in [2.24, 2.45) is 0 Å². The minimum Gasteiger partial charge on any atom is -0.325 e. The normalized spacial score (nSPS) is 11.5. The zero-order valence-electron chi connectivity index (χ0n) is 17.9. The van der Waals surface area contributed by atoms with Crippen LogP contribution in [-0.2, 0) is 27.7 Å². The molecule has 3 rings (SSSR count). The van der Waals surface area contributed by atoms with Gasteiger partial charge in [-0.1, -0.05) is 73.2 Å². The van der Waals surface area contributed by atoms with E-state index in [2.05, 4.69) is 5.32 Å². The van der Waals surface area contributed by atoms with E-state index in [1.165, 1.54) is 4.31 Å². The highest BCUT2D eigenvalue weighted by atomic mass is 32.2. The van der Waals surface area contributed by atoms with E-state index in [4.69, 9.17) is 0 Å². The Kier molecular flexibility index (Phi) is 7.60. The summed E-state index contributed by atoms with van der Waals surface area (Å²) >= 11 is 0. The SMILES string of the molecule is CCc1ccccc1NC(=O)CN(CCc1ccccc1)S(=O)(=O)c1ccc(C)cc1. The first-order chi connectivity index (χ1) is 14.9. The fourth-order valence-corrected chi connectivity index (χ4v) is 4.74. The van der Waals surface area contributed by atoms with Crippen LogP contribution < -0.4 is 5.32 Å². The lowest BCUT2D eigenvalue weighted by atomic mass is 10.1. The molecule has 3 aromatic carbocycles. The van der Waals surface area contributed by atoms with Crippen molar-refractivity contribution in [1.29, 1.82) is 0 Å². The third-order valence-electron chi connectivity index (χ3n) is 5.14. The zero-order chi connectivity index (χ0) is 22.3. The van der Waals surface area contributed by atoms with E-state index in [9.17, 15) is 13.2 Å². The molecule has 1 amide bonds. The fourth-order valence-electron chi connectivity index (χ4n) is 3.34. The Morgan fingerprint density at radius 2 is 1.55 bits per heavy atom. The van der Waals surface area contributed by atoms with E-state index in [-0.39, 0.29) is 23.9 Å². The van der Waals surface area contributed by atoms with Crippen LogP contribution in [0.1, 0.15) is 23.6 Å². The smallest absolute Gasteiger partial charge is 0.243 e. The molecule has 31 heavy (non-hydrogen) atoms. The van der Waals surface area contributed by atoms with Crippen molar-refractivity contribution in [2.75, 3.05) is 18.4 Å². The first-order valence-corrected chi connectivity index (χ1v) is 11.8. The van der Waals surface area contributed by atoms with Crippen LogP contribution in [0.15, 0.2) is 83.8 Å². The van der Waals surface area contributed by atoms with Gasteiger partial charge < -0.3 is 5.32 Å². The van der Waals surface area contributed by atoms with Crippen molar-refractivity contribution in [3.8, 4) is 0 Å². The number of amides is 1. The molecule has 0 saturated carbocycles. The van der Waals surface area contributed by atoms with Crippen LogP contribution in [-0.4, -0.2) is 31.7 Å². The van der Waals surface area contributed by atoms with E-state index in [0.29, 0.717) is 12.1 Å². The third-order valence-corrected chi connectivity index (χ3v) is 7.00. The number of para-hydroxylation sites is 1. The summed E-state index contributed by atoms with van der Waals surface area (Å²) < 4.78 is 27.9. The summed E-state index contributed by atoms with van der Waals surface area (Å²) in [5.41, 5.74) is 3.71. The zero-order valence-corrected chi connectivity index (χ0v) is 18.7. The van der Waals surface area contributed by atoms with Crippen LogP contribution >= 0.6 is 0 Å². The third kappa shape index (κ3) is 6.03. The summed E-state index contributed by atoms with van der Waals surface area (Å²) in [6.45, 7) is 3.88. The Labute approximate surface area is 184 Å². The summed E-state index contributed by atoms with van der Waals surface area (Å²) in [4.78, 5) is 13.0. The quantitative estimate of drug-likeness (QED) is 0.540. The second-order valence-corrected chi connectivity index (χ2v) is 9.38. The lowest BCUT2D eigenvalue weighted by Gasteiger charge is -2.22. The van der Waals surface area contributed by atoms with Gasteiger partial charge in [-0.15, -0.1) is 0 Å². The molecule has 0 spiro atoms. The van der Waals surface area contributed by atoms with Crippen molar-refractivity contribution in [3.63, 3.8) is 0 Å². The molecule has 1 N–H and O–H groups in total. The minimum absolute atomic E-state index is 0.188. The average molecular weight is 437 g/mol. The molecule has 0 aliphatic heterocycles. The molecule has 162 valence electrons. The number of hydrogen-bond donors (Lipinski definition) is 1. The van der Waals surface area contributed by atoms with Gasteiger partial charge >= 0.3 is 0 Å². The van der Waals surface area contributed by atoms with Gasteiger partial charge in [-0.25, -0.2) is 8.42 Å². The van der Waals surface area contributed by atoms with Gasteiger partial charge in [-0.05, 0) is 49.1 Å². The topological polar surface area (TPSA) is 66.5 Å². The Bertz CT molecular complexity index is 1110. The maximum absolute atomic E-state index is 13.3. The number of carbonyl (C=O) groups excluding carboxylic acids is 1. The number of sulfonamides is 1. The van der Waals surface area contributed by atoms with Crippen LogP contribution in [0.25, 0.3) is 0 Å². The molecular weight excluding hydrogens is 408 g/mol. The molecule has 0 aliphatic rings. The first kappa shape index (κ1) is 22.7. The Balaban J connectivity index is 1.82. The number of nitrogens with one attached hydrogen (secondary N) is 1. The van der Waals surface area contributed by atoms with Crippen LogP contribution in [0.5, 0.6) is 0 Å². The Morgan fingerprint density at radius 3 is 2.23 bits per heavy atom. The van der Waals surface area contributed by atoms with Gasteiger partial charge in [0.05, 0.1) is 11.4 Å². The van der Waals surface area contributed by atoms with Gasteiger partial charge in [-0.2, -0.15) is 4.31 Å². The molecule has 0 unspecified atom stereocenters. The predicted octanol–water partition coefficient (Wildman–Crippen LogP) is 4.43. The second kappa shape index (κ2) is 10.4. The maximum Gasteiger partial charge on any atom is 0.243 e. The van der Waals surface area contributed by atoms with Crippen LogP contribution in [0.2, 0.25) is 0 Å². The number of hydrogen-bond acceptors (Lipinski definition) is 3. The van der Waals surface area contributed by atoms with Gasteiger partial charge in [0, 0.05) is 12.2 Å². The van der Waals surface area contributed by atoms with E-state index in [0.717, 1.165) is 23.1 Å². The largest absolute Gasteiger partial charge is 0.325 e. The van der Waals surface area contributed by atoms with E-state index in [1.807, 2.05) is 68.4 Å². The second-order valence-electron chi connectivity index (χ2n) is 7.45. The van der Waals surface area contributed by atoms with Crippen LogP contribution in [0, 0.1) is 6.92 Å². The molecule has 0 fully saturated rings. The van der Waals surface area contributed by atoms with Gasteiger partial charge in [-0.3, -0.25) is 4.79 Å². The number of carbonyl (C=O) groups is 1. The monoisotopic (exact) mass is 436 g/mol. The van der Waals surface area contributed by atoms with Crippen molar-refractivity contribution >= 4 is 21.6 Å². The summed E-state index contributed by atoms with van der Waals surface area (Å²) in [5.74, 6) is -0.357. The molecule has 0 radical (unpaired) electrons. The average Bonchev–Trinajstić information content (AvgIpc) is 2.78. The van der Waals surface area contributed by atoms with Crippen molar-refractivity contribution in [2.45, 2.75) is 31.6 Å². The van der Waals surface area contributed by atoms with Gasteiger partial charge in [0.15, 0.2) is 0 Å². The highest BCUT2D eigenvalue weighted by Gasteiger charge is 2.26. The van der Waals surface area contributed by atoms with Crippen molar-refractivity contribution < 1.29 is 13.2 Å². The highest BCUT2D eigenvalue weighted by molar-refractivity contribution is 7.89. The van der Waals surface area contributed by atoms with Crippen molar-refractivity contribution in [1.82, 2.24) is 4.31 Å². The molecule has 0 saturated heterocycles. The number of benzene rings is 3. The standard InChI is InChI=1S/C25H28N2O3S/c1-3-22-11-7-8-12-24(22)26-25(28)19-27(18-17-21-9-5-4-6-10-21)31(29,30)23-15-13-20(2)14-16-23/h4-16H,3,17-19H2,1-2H3,(H,26,28). The summed E-state index contributed by atoms with van der Waals surface area (Å²) in [6.07, 6.45) is 1.29. The lowest BCUT2D eigenvalue weighted by Crippen LogP contribution is -2.39. The lowest BCUT2D eigenvalue weighted by molar-refractivity contribution is -0.116. The van der Waals surface area contributed by atoms with Crippen molar-refractivity contribution in [3.05, 3.63) is 95.6 Å². The van der Waals surface area contributed by atoms with Gasteiger partial charge in [0.25, 0.3) is 0 Å².